The zero-order valence-electron chi connectivity index (χ0n) is 16.2. The number of cyclic esters (lactones) is 1. The first-order chi connectivity index (χ1) is 14.6. The molecule has 168 valence electrons. The normalized spacial score (nSPS) is 22.3. The molecule has 0 bridgehead atoms. The van der Waals surface area contributed by atoms with E-state index < -0.39 is 35.5 Å². The molecule has 13 heteroatoms. The van der Waals surface area contributed by atoms with Crippen LogP contribution in [-0.4, -0.2) is 76.7 Å². The van der Waals surface area contributed by atoms with Crippen molar-refractivity contribution in [1.82, 2.24) is 19.2 Å². The molecule has 31 heavy (non-hydrogen) atoms. The van der Waals surface area contributed by atoms with E-state index in [-0.39, 0.29) is 34.5 Å². The summed E-state index contributed by atoms with van der Waals surface area (Å²) < 4.78 is 52.0. The summed E-state index contributed by atoms with van der Waals surface area (Å²) in [4.78, 5) is 31.9. The number of hydrogen-bond donors (Lipinski definition) is 0. The Balaban J connectivity index is 1.63. The average Bonchev–Trinajstić information content (AvgIpc) is 3.29. The first-order valence-corrected chi connectivity index (χ1v) is 10.5. The molecule has 2 aliphatic heterocycles. The van der Waals surface area contributed by atoms with Crippen molar-refractivity contribution in [2.24, 2.45) is 0 Å². The highest BCUT2D eigenvalue weighted by Crippen LogP contribution is 2.36. The molecule has 2 aromatic rings. The van der Waals surface area contributed by atoms with Gasteiger partial charge in [-0.1, -0.05) is 11.6 Å². The summed E-state index contributed by atoms with van der Waals surface area (Å²) in [6, 6.07) is 0.613. The molecule has 2 aliphatic rings. The van der Waals surface area contributed by atoms with Gasteiger partial charge < -0.3 is 14.4 Å². The van der Waals surface area contributed by atoms with Gasteiger partial charge in [0.1, 0.15) is 11.8 Å². The minimum absolute atomic E-state index is 0.129. The van der Waals surface area contributed by atoms with E-state index in [0.717, 1.165) is 10.5 Å². The number of likely N-dealkylation sites (tertiary alicyclic amines) is 1. The first kappa shape index (κ1) is 22.2. The molecule has 2 fully saturated rings. The van der Waals surface area contributed by atoms with E-state index in [2.05, 4.69) is 20.9 Å². The highest BCUT2D eigenvalue weighted by molar-refractivity contribution is 9.10. The molecule has 8 nitrogen and oxygen atoms in total. The van der Waals surface area contributed by atoms with Gasteiger partial charge in [0.15, 0.2) is 11.3 Å². The molecule has 2 aromatic heterocycles. The summed E-state index contributed by atoms with van der Waals surface area (Å²) in [5.74, 6) is -0.609. The quantitative estimate of drug-likeness (QED) is 0.614. The lowest BCUT2D eigenvalue weighted by atomic mass is 10.00. The largest absolute Gasteiger partial charge is 0.448 e. The van der Waals surface area contributed by atoms with Crippen molar-refractivity contribution in [2.75, 3.05) is 33.4 Å². The highest BCUT2D eigenvalue weighted by Gasteiger charge is 2.41. The molecule has 2 atom stereocenters. The van der Waals surface area contributed by atoms with Gasteiger partial charge >= 0.3 is 12.3 Å². The number of aromatic nitrogens is 2. The van der Waals surface area contributed by atoms with Crippen LogP contribution in [0.2, 0.25) is 5.15 Å². The maximum Gasteiger partial charge on any atom is 0.420 e. The second kappa shape index (κ2) is 8.14. The van der Waals surface area contributed by atoms with Crippen LogP contribution in [0, 0.1) is 0 Å². The van der Waals surface area contributed by atoms with Gasteiger partial charge in [-0.05, 0) is 28.4 Å². The molecule has 0 N–H and O–H groups in total. The van der Waals surface area contributed by atoms with Crippen LogP contribution in [0.1, 0.15) is 22.5 Å². The van der Waals surface area contributed by atoms with Gasteiger partial charge in [-0.3, -0.25) is 14.1 Å². The molecule has 4 rings (SSSR count). The fraction of sp³-hybridized carbons (Fsp3) is 0.500. The fourth-order valence-electron chi connectivity index (χ4n) is 3.96. The summed E-state index contributed by atoms with van der Waals surface area (Å²) in [6.07, 6.45) is -3.85. The summed E-state index contributed by atoms with van der Waals surface area (Å²) in [7, 11) is 1.47. The van der Waals surface area contributed by atoms with Crippen molar-refractivity contribution < 1.29 is 32.2 Å². The number of nitrogens with zero attached hydrogens (tertiary/aromatic N) is 4. The van der Waals surface area contributed by atoms with Crippen molar-refractivity contribution in [1.29, 1.82) is 0 Å². The number of methoxy groups -OCH3 is 1. The van der Waals surface area contributed by atoms with Gasteiger partial charge in [-0.15, -0.1) is 0 Å². The van der Waals surface area contributed by atoms with Crippen LogP contribution in [0.15, 0.2) is 16.7 Å². The number of imidazole rings is 1. The molecule has 0 saturated carbocycles. The number of carbonyl (C=O) groups is 2. The van der Waals surface area contributed by atoms with E-state index in [0.29, 0.717) is 19.6 Å². The predicted octanol–water partition coefficient (Wildman–Crippen LogP) is 3.45. The minimum Gasteiger partial charge on any atom is -0.448 e. The Morgan fingerprint density at radius 1 is 1.39 bits per heavy atom. The molecular weight excluding hydrogens is 509 g/mol. The number of rotatable bonds is 3. The van der Waals surface area contributed by atoms with Crippen molar-refractivity contribution in [3.63, 3.8) is 0 Å². The molecule has 0 spiro atoms. The van der Waals surface area contributed by atoms with Crippen molar-refractivity contribution in [3.05, 3.63) is 33.1 Å². The zero-order chi connectivity index (χ0) is 22.5. The summed E-state index contributed by atoms with van der Waals surface area (Å²) in [5, 5.41) is -0.217. The molecule has 1 unspecified atom stereocenters. The summed E-state index contributed by atoms with van der Waals surface area (Å²) in [5.41, 5.74) is -1.75. The van der Waals surface area contributed by atoms with Crippen LogP contribution in [-0.2, 0) is 15.7 Å². The number of hydrogen-bond acceptors (Lipinski definition) is 5. The molecule has 0 aliphatic carbocycles. The van der Waals surface area contributed by atoms with Gasteiger partial charge in [0.25, 0.3) is 5.91 Å². The minimum atomic E-state index is -4.68. The monoisotopic (exact) mass is 524 g/mol. The SMILES string of the molecule is CO[C@H]1CN(C(=O)c2nc3c(C(F)(F)F)cc(Br)cn3c2Cl)CCC1N1CCOC1=O. The molecule has 0 aromatic carbocycles. The van der Waals surface area contributed by atoms with Crippen LogP contribution >= 0.6 is 27.5 Å². The summed E-state index contributed by atoms with van der Waals surface area (Å²) in [6.45, 7) is 1.12. The predicted molar refractivity (Wildman–Crippen MR) is 106 cm³/mol. The number of carbonyl (C=O) groups excluding carboxylic acids is 2. The van der Waals surface area contributed by atoms with Crippen LogP contribution in [0.25, 0.3) is 5.65 Å². The first-order valence-electron chi connectivity index (χ1n) is 9.31. The number of pyridine rings is 1. The Kier molecular flexibility index (Phi) is 5.81. The molecule has 0 radical (unpaired) electrons. The maximum absolute atomic E-state index is 13.4. The average molecular weight is 526 g/mol. The van der Waals surface area contributed by atoms with E-state index >= 15 is 0 Å². The number of alkyl halides is 3. The van der Waals surface area contributed by atoms with Gasteiger partial charge in [-0.2, -0.15) is 13.2 Å². The lowest BCUT2D eigenvalue weighted by molar-refractivity contribution is -0.136. The van der Waals surface area contributed by atoms with E-state index in [4.69, 9.17) is 21.1 Å². The lowest BCUT2D eigenvalue weighted by Crippen LogP contribution is -2.56. The smallest absolute Gasteiger partial charge is 0.420 e. The highest BCUT2D eigenvalue weighted by atomic mass is 79.9. The maximum atomic E-state index is 13.4. The van der Waals surface area contributed by atoms with Crippen LogP contribution < -0.4 is 0 Å². The second-order valence-corrected chi connectivity index (χ2v) is 8.48. The number of fused-ring (bicyclic) bond motifs is 1. The van der Waals surface area contributed by atoms with E-state index in [1.165, 1.54) is 18.2 Å². The van der Waals surface area contributed by atoms with Crippen molar-refractivity contribution in [3.8, 4) is 0 Å². The van der Waals surface area contributed by atoms with Gasteiger partial charge in [0.05, 0.1) is 24.3 Å². The Hall–Kier alpha value is -2.05. The van der Waals surface area contributed by atoms with E-state index in [1.54, 1.807) is 4.90 Å². The second-order valence-electron chi connectivity index (χ2n) is 7.20. The Morgan fingerprint density at radius 2 is 2.13 bits per heavy atom. The van der Waals surface area contributed by atoms with Crippen LogP contribution in [0.3, 0.4) is 0 Å². The Morgan fingerprint density at radius 3 is 2.74 bits per heavy atom. The van der Waals surface area contributed by atoms with E-state index in [1.807, 2.05) is 0 Å². The van der Waals surface area contributed by atoms with Crippen LogP contribution in [0.4, 0.5) is 18.0 Å². The molecule has 2 amide bonds. The van der Waals surface area contributed by atoms with Gasteiger partial charge in [0, 0.05) is 30.9 Å². The van der Waals surface area contributed by atoms with Crippen molar-refractivity contribution in [2.45, 2.75) is 24.7 Å². The standard InChI is InChI=1S/C18H17BrClF3N4O4/c1-30-12-8-25(3-2-11(12)26-4-5-31-17(26)29)16(28)13-14(20)27-7-9(19)6-10(15(27)24-13)18(21,22)23/h6-7,11-12H,2-5,8H2,1H3/t11?,12-/m0/s1. The molecular formula is C18H17BrClF3N4O4. The Labute approximate surface area is 188 Å². The topological polar surface area (TPSA) is 76.4 Å². The third kappa shape index (κ3) is 3.96. The number of amides is 2. The third-order valence-electron chi connectivity index (χ3n) is 5.44. The zero-order valence-corrected chi connectivity index (χ0v) is 18.5. The number of piperidine rings is 1. The lowest BCUT2D eigenvalue weighted by Gasteiger charge is -2.40. The van der Waals surface area contributed by atoms with Crippen molar-refractivity contribution >= 4 is 45.2 Å². The Bertz CT molecular complexity index is 1050. The van der Waals surface area contributed by atoms with E-state index in [9.17, 15) is 22.8 Å². The molecule has 4 heterocycles. The summed E-state index contributed by atoms with van der Waals surface area (Å²) >= 11 is 9.28. The van der Waals surface area contributed by atoms with Gasteiger partial charge in [0.2, 0.25) is 0 Å². The number of ether oxygens (including phenoxy) is 2. The fourth-order valence-corrected chi connectivity index (χ4v) is 4.65. The van der Waals surface area contributed by atoms with Crippen LogP contribution in [0.5, 0.6) is 0 Å². The number of halogens is 5. The third-order valence-corrected chi connectivity index (χ3v) is 6.24. The van der Waals surface area contributed by atoms with Gasteiger partial charge in [-0.25, -0.2) is 9.78 Å². The molecule has 2 saturated heterocycles.